The summed E-state index contributed by atoms with van der Waals surface area (Å²) in [6.45, 7) is 9.30. The summed E-state index contributed by atoms with van der Waals surface area (Å²) in [7, 11) is 1.76. The molecule has 53 heavy (non-hydrogen) atoms. The van der Waals surface area contributed by atoms with Gasteiger partial charge >= 0.3 is 0 Å². The molecular formula is C37H44FN11O4. The van der Waals surface area contributed by atoms with E-state index in [1.165, 1.54) is 11.0 Å². The van der Waals surface area contributed by atoms with Gasteiger partial charge in [-0.05, 0) is 56.9 Å². The van der Waals surface area contributed by atoms with Gasteiger partial charge in [0.05, 0.1) is 17.0 Å². The zero-order chi connectivity index (χ0) is 36.8. The van der Waals surface area contributed by atoms with Crippen LogP contribution < -0.4 is 20.4 Å². The Kier molecular flexibility index (Phi) is 9.41. The van der Waals surface area contributed by atoms with Gasteiger partial charge in [-0.25, -0.2) is 14.4 Å². The van der Waals surface area contributed by atoms with Crippen molar-refractivity contribution in [2.24, 2.45) is 0 Å². The van der Waals surface area contributed by atoms with Crippen LogP contribution in [0.2, 0.25) is 0 Å². The average molecular weight is 726 g/mol. The van der Waals surface area contributed by atoms with E-state index in [1.54, 1.807) is 19.4 Å². The number of piperazine rings is 1. The molecule has 1 atom stereocenters. The lowest BCUT2D eigenvalue weighted by Gasteiger charge is -2.35. The fraction of sp³-hybridized carbons (Fsp3) is 0.486. The second-order valence-electron chi connectivity index (χ2n) is 14.5. The van der Waals surface area contributed by atoms with Gasteiger partial charge in [-0.3, -0.25) is 29.3 Å². The molecule has 3 amide bonds. The summed E-state index contributed by atoms with van der Waals surface area (Å²) >= 11 is 0. The normalized spacial score (nSPS) is 20.1. The third kappa shape index (κ3) is 6.88. The number of imide groups is 1. The van der Waals surface area contributed by atoms with Crippen LogP contribution in [-0.2, 0) is 27.4 Å². The molecule has 1 unspecified atom stereocenters. The highest BCUT2D eigenvalue weighted by molar-refractivity contribution is 6.05. The molecular weight excluding hydrogens is 681 g/mol. The molecule has 4 aliphatic rings. The number of piperidine rings is 2. The number of pyridine rings is 1. The van der Waals surface area contributed by atoms with E-state index in [9.17, 15) is 14.4 Å². The van der Waals surface area contributed by atoms with Crippen LogP contribution in [0, 0.1) is 5.82 Å². The molecule has 4 aliphatic heterocycles. The van der Waals surface area contributed by atoms with Gasteiger partial charge in [0.1, 0.15) is 23.5 Å². The van der Waals surface area contributed by atoms with Crippen LogP contribution in [0.25, 0.3) is 10.9 Å². The minimum Gasteiger partial charge on any atom is -0.381 e. The summed E-state index contributed by atoms with van der Waals surface area (Å²) in [6, 6.07) is 6.28. The molecule has 0 saturated carbocycles. The number of ether oxygens (including phenoxy) is 1. The van der Waals surface area contributed by atoms with Crippen LogP contribution in [0.3, 0.4) is 0 Å². The van der Waals surface area contributed by atoms with Gasteiger partial charge in [0.25, 0.3) is 5.91 Å². The molecule has 15 nitrogen and oxygen atoms in total. The number of rotatable bonds is 9. The SMILES string of the molecule is COC1CCN(c2nccc(Nc3cc4c(cn3)c(N3CCN(Cc5cc6c(cc5F)C(=O)N(C5CCC(=O)NC5=O)C6)CC3)nn4C(C)C)n2)CC1. The summed E-state index contributed by atoms with van der Waals surface area (Å²) in [5.74, 6) is 1.25. The Balaban J connectivity index is 0.929. The van der Waals surface area contributed by atoms with Gasteiger partial charge < -0.3 is 24.8 Å². The number of benzene rings is 1. The average Bonchev–Trinajstić information content (AvgIpc) is 3.69. The Morgan fingerprint density at radius 3 is 2.51 bits per heavy atom. The predicted molar refractivity (Wildman–Crippen MR) is 195 cm³/mol. The Labute approximate surface area is 306 Å². The zero-order valence-electron chi connectivity index (χ0n) is 30.2. The first kappa shape index (κ1) is 34.8. The van der Waals surface area contributed by atoms with Crippen LogP contribution in [0.5, 0.6) is 0 Å². The number of anilines is 4. The maximum absolute atomic E-state index is 15.4. The summed E-state index contributed by atoms with van der Waals surface area (Å²) in [6.07, 6.45) is 6.23. The lowest BCUT2D eigenvalue weighted by atomic mass is 10.0. The van der Waals surface area contributed by atoms with E-state index in [2.05, 4.69) is 44.2 Å². The summed E-state index contributed by atoms with van der Waals surface area (Å²) in [5.41, 5.74) is 2.46. The molecule has 3 fully saturated rings. The first-order valence-corrected chi connectivity index (χ1v) is 18.3. The third-order valence-corrected chi connectivity index (χ3v) is 10.8. The van der Waals surface area contributed by atoms with Gasteiger partial charge in [0, 0.05) is 102 Å². The van der Waals surface area contributed by atoms with Gasteiger partial charge in [-0.2, -0.15) is 10.1 Å². The topological polar surface area (TPSA) is 154 Å². The summed E-state index contributed by atoms with van der Waals surface area (Å²) in [5, 5.41) is 11.7. The lowest BCUT2D eigenvalue weighted by molar-refractivity contribution is -0.136. The quantitative estimate of drug-likeness (QED) is 0.243. The van der Waals surface area contributed by atoms with Crippen molar-refractivity contribution in [3.05, 3.63) is 59.2 Å². The van der Waals surface area contributed by atoms with E-state index in [0.717, 1.165) is 42.7 Å². The highest BCUT2D eigenvalue weighted by atomic mass is 19.1. The van der Waals surface area contributed by atoms with Crippen molar-refractivity contribution in [3.63, 3.8) is 0 Å². The fourth-order valence-electron chi connectivity index (χ4n) is 7.83. The number of hydrogen-bond donors (Lipinski definition) is 2. The van der Waals surface area contributed by atoms with Crippen LogP contribution in [0.15, 0.2) is 36.7 Å². The van der Waals surface area contributed by atoms with Gasteiger partial charge in [-0.1, -0.05) is 0 Å². The molecule has 2 N–H and O–H groups in total. The highest BCUT2D eigenvalue weighted by Gasteiger charge is 2.39. The number of nitrogens with zero attached hydrogens (tertiary/aromatic N) is 9. The minimum atomic E-state index is -0.734. The number of aromatic nitrogens is 5. The molecule has 3 aromatic heterocycles. The molecule has 0 radical (unpaired) electrons. The number of amides is 3. The second kappa shape index (κ2) is 14.3. The number of nitrogens with one attached hydrogen (secondary N) is 2. The molecule has 0 aliphatic carbocycles. The summed E-state index contributed by atoms with van der Waals surface area (Å²) in [4.78, 5) is 59.3. The van der Waals surface area contributed by atoms with Crippen molar-refractivity contribution in [3.8, 4) is 0 Å². The molecule has 7 heterocycles. The molecule has 0 bridgehead atoms. The van der Waals surface area contributed by atoms with Crippen LogP contribution in [-0.4, -0.2) is 111 Å². The highest BCUT2D eigenvalue weighted by Crippen LogP contribution is 2.33. The van der Waals surface area contributed by atoms with Crippen molar-refractivity contribution < 1.29 is 23.5 Å². The van der Waals surface area contributed by atoms with E-state index in [1.807, 2.05) is 23.0 Å². The van der Waals surface area contributed by atoms with Gasteiger partial charge in [-0.15, -0.1) is 0 Å². The smallest absolute Gasteiger partial charge is 0.255 e. The Hall–Kier alpha value is -5.22. The van der Waals surface area contributed by atoms with E-state index in [4.69, 9.17) is 19.8 Å². The monoisotopic (exact) mass is 725 g/mol. The molecule has 1 aromatic carbocycles. The maximum Gasteiger partial charge on any atom is 0.255 e. The van der Waals surface area contributed by atoms with Crippen molar-refractivity contribution in [2.45, 2.75) is 70.8 Å². The van der Waals surface area contributed by atoms with Crippen molar-refractivity contribution in [2.75, 3.05) is 61.5 Å². The van der Waals surface area contributed by atoms with Crippen molar-refractivity contribution in [1.29, 1.82) is 0 Å². The number of methoxy groups -OCH3 is 1. The standard InChI is InChI=1S/C37H44FN11O4/c1-22(2)49-30-18-32(41-31-6-9-39-37(42-31)47-10-7-25(53-3)8-11-47)40-19-27(30)34(44-49)46-14-12-45(13-15-46)20-24-16-23-21-48(36(52)26(23)17-28(24)38)29-4-5-33(50)43-35(29)51/h6,9,16-19,22,25,29H,4-5,7-8,10-15,20-21H2,1-3H3,(H,43,50,51)(H,39,40,41,42). The van der Waals surface area contributed by atoms with E-state index < -0.39 is 17.8 Å². The Bertz CT molecular complexity index is 2060. The van der Waals surface area contributed by atoms with E-state index >= 15 is 4.39 Å². The number of hydrogen-bond acceptors (Lipinski definition) is 12. The van der Waals surface area contributed by atoms with Crippen LogP contribution in [0.4, 0.5) is 27.8 Å². The lowest BCUT2D eigenvalue weighted by Crippen LogP contribution is -2.52. The van der Waals surface area contributed by atoms with Crippen molar-refractivity contribution in [1.82, 2.24) is 39.8 Å². The van der Waals surface area contributed by atoms with Gasteiger partial charge in [0.15, 0.2) is 5.82 Å². The van der Waals surface area contributed by atoms with Crippen LogP contribution >= 0.6 is 0 Å². The predicted octanol–water partition coefficient (Wildman–Crippen LogP) is 3.38. The van der Waals surface area contributed by atoms with E-state index in [-0.39, 0.29) is 48.9 Å². The molecule has 8 rings (SSSR count). The second-order valence-corrected chi connectivity index (χ2v) is 14.5. The largest absolute Gasteiger partial charge is 0.381 e. The summed E-state index contributed by atoms with van der Waals surface area (Å²) < 4.78 is 22.9. The molecule has 278 valence electrons. The van der Waals surface area contributed by atoms with E-state index in [0.29, 0.717) is 61.4 Å². The number of carbonyl (C=O) groups is 3. The van der Waals surface area contributed by atoms with Gasteiger partial charge in [0.2, 0.25) is 17.8 Å². The maximum atomic E-state index is 15.4. The van der Waals surface area contributed by atoms with Crippen molar-refractivity contribution >= 4 is 52.0 Å². The molecule has 4 aromatic rings. The number of halogens is 1. The number of carbonyl (C=O) groups excluding carboxylic acids is 3. The number of fused-ring (bicyclic) bond motifs is 2. The van der Waals surface area contributed by atoms with Crippen LogP contribution in [0.1, 0.15) is 67.1 Å². The first-order valence-electron chi connectivity index (χ1n) is 18.3. The Morgan fingerprint density at radius 2 is 1.77 bits per heavy atom. The minimum absolute atomic E-state index is 0.115. The molecule has 3 saturated heterocycles. The Morgan fingerprint density at radius 1 is 0.981 bits per heavy atom. The third-order valence-electron chi connectivity index (χ3n) is 10.8. The zero-order valence-corrected chi connectivity index (χ0v) is 30.2. The fourth-order valence-corrected chi connectivity index (χ4v) is 7.83. The first-order chi connectivity index (χ1) is 25.6. The molecule has 16 heteroatoms. The molecule has 0 spiro atoms.